The van der Waals surface area contributed by atoms with Gasteiger partial charge in [-0.3, -0.25) is 9.69 Å². The van der Waals surface area contributed by atoms with Crippen LogP contribution in [0, 0.1) is 19.3 Å². The molecule has 192 valence electrons. The summed E-state index contributed by atoms with van der Waals surface area (Å²) in [7, 11) is 1.34. The van der Waals surface area contributed by atoms with Crippen molar-refractivity contribution >= 4 is 17.7 Å². The Morgan fingerprint density at radius 3 is 2.47 bits per heavy atom. The van der Waals surface area contributed by atoms with Gasteiger partial charge in [0, 0.05) is 62.6 Å². The van der Waals surface area contributed by atoms with Crippen molar-refractivity contribution in [2.45, 2.75) is 19.6 Å². The van der Waals surface area contributed by atoms with Crippen molar-refractivity contribution < 1.29 is 27.5 Å². The molecule has 0 aromatic heterocycles. The van der Waals surface area contributed by atoms with Crippen LogP contribution >= 0.6 is 0 Å². The molecule has 1 heterocycles. The molecule has 2 amide bonds. The second-order valence-electron chi connectivity index (χ2n) is 8.47. The number of alkyl halides is 3. The van der Waals surface area contributed by atoms with Gasteiger partial charge in [0.15, 0.2) is 0 Å². The monoisotopic (exact) mass is 502 g/mol. The predicted molar refractivity (Wildman–Crippen MR) is 131 cm³/mol. The lowest BCUT2D eigenvalue weighted by molar-refractivity contribution is -0.138. The molecular weight excluding hydrogens is 473 g/mol. The van der Waals surface area contributed by atoms with Crippen molar-refractivity contribution in [3.63, 3.8) is 0 Å². The Bertz CT molecular complexity index is 1140. The van der Waals surface area contributed by atoms with Crippen LogP contribution < -0.4 is 10.6 Å². The summed E-state index contributed by atoms with van der Waals surface area (Å²) >= 11 is 0. The van der Waals surface area contributed by atoms with Crippen LogP contribution in [-0.2, 0) is 17.5 Å². The largest absolute Gasteiger partial charge is 0.453 e. The van der Waals surface area contributed by atoms with E-state index in [-0.39, 0.29) is 29.5 Å². The Morgan fingerprint density at radius 2 is 1.83 bits per heavy atom. The van der Waals surface area contributed by atoms with Crippen molar-refractivity contribution in [3.8, 4) is 12.3 Å². The zero-order valence-corrected chi connectivity index (χ0v) is 20.2. The number of benzene rings is 2. The molecular formula is C26H29F3N4O3. The molecule has 1 aliphatic rings. The summed E-state index contributed by atoms with van der Waals surface area (Å²) in [6.07, 6.45) is 0.498. The van der Waals surface area contributed by atoms with E-state index in [9.17, 15) is 22.8 Å². The number of hydrogen-bond acceptors (Lipinski definition) is 5. The van der Waals surface area contributed by atoms with Gasteiger partial charge >= 0.3 is 12.3 Å². The first-order chi connectivity index (χ1) is 17.1. The van der Waals surface area contributed by atoms with Crippen molar-refractivity contribution in [1.82, 2.24) is 15.1 Å². The van der Waals surface area contributed by atoms with Gasteiger partial charge in [-0.25, -0.2) is 4.79 Å². The molecule has 10 heteroatoms. The predicted octanol–water partition coefficient (Wildman–Crippen LogP) is 3.72. The van der Waals surface area contributed by atoms with Gasteiger partial charge in [0.25, 0.3) is 5.91 Å². The van der Waals surface area contributed by atoms with Crippen LogP contribution in [0.4, 0.5) is 23.7 Å². The minimum atomic E-state index is -4.58. The van der Waals surface area contributed by atoms with Crippen LogP contribution in [0.1, 0.15) is 32.6 Å². The maximum absolute atomic E-state index is 13.7. The van der Waals surface area contributed by atoms with Crippen LogP contribution in [0.25, 0.3) is 0 Å². The molecule has 1 fully saturated rings. The molecule has 0 aliphatic carbocycles. The molecule has 0 saturated carbocycles. The number of methoxy groups -OCH3 is 1. The van der Waals surface area contributed by atoms with Gasteiger partial charge in [-0.05, 0) is 42.3 Å². The quantitative estimate of drug-likeness (QED) is 0.446. The number of terminal acetylenes is 1. The zero-order valence-electron chi connectivity index (χ0n) is 20.2. The van der Waals surface area contributed by atoms with Gasteiger partial charge in [-0.2, -0.15) is 13.2 Å². The summed E-state index contributed by atoms with van der Waals surface area (Å²) in [5.74, 6) is 1.94. The number of carbonyl (C=O) groups is 2. The van der Waals surface area contributed by atoms with Gasteiger partial charge in [-0.15, -0.1) is 6.42 Å². The number of anilines is 1. The van der Waals surface area contributed by atoms with Crippen molar-refractivity contribution in [1.29, 1.82) is 0 Å². The smallest absolute Gasteiger partial charge is 0.416 e. The van der Waals surface area contributed by atoms with E-state index in [0.29, 0.717) is 44.8 Å². The lowest BCUT2D eigenvalue weighted by Gasteiger charge is -2.33. The zero-order chi connectivity index (χ0) is 26.3. The van der Waals surface area contributed by atoms with Gasteiger partial charge in [-0.1, -0.05) is 18.1 Å². The highest BCUT2D eigenvalue weighted by atomic mass is 19.4. The molecule has 0 bridgehead atoms. The van der Waals surface area contributed by atoms with E-state index in [4.69, 9.17) is 11.2 Å². The number of nitrogens with zero attached hydrogens (tertiary/aromatic N) is 2. The normalized spacial score (nSPS) is 14.3. The number of amides is 2. The van der Waals surface area contributed by atoms with Crippen molar-refractivity contribution in [3.05, 3.63) is 64.2 Å². The molecule has 3 rings (SSSR count). The standard InChI is InChI=1S/C26H29F3N4O3/c1-4-19-15-20(6-5-18(19)2)24(34)31-22-8-7-21(23(16-22)26(27,28)29)17-30-9-10-32-11-13-33(14-12-32)25(35)36-3/h1,5-8,15-16,30H,9-14,17H2,2-3H3,(H,31,34). The topological polar surface area (TPSA) is 73.9 Å². The summed E-state index contributed by atoms with van der Waals surface area (Å²) in [6.45, 7) is 5.39. The number of aryl methyl sites for hydroxylation is 1. The molecule has 1 saturated heterocycles. The Kier molecular flexibility index (Phi) is 8.96. The highest BCUT2D eigenvalue weighted by molar-refractivity contribution is 6.04. The third kappa shape index (κ3) is 6.99. The van der Waals surface area contributed by atoms with Gasteiger partial charge in [0.05, 0.1) is 12.7 Å². The number of hydrogen-bond donors (Lipinski definition) is 2. The first-order valence-electron chi connectivity index (χ1n) is 11.5. The summed E-state index contributed by atoms with van der Waals surface area (Å²) in [6, 6.07) is 8.55. The second-order valence-corrected chi connectivity index (χ2v) is 8.47. The number of ether oxygens (including phenoxy) is 1. The van der Waals surface area contributed by atoms with E-state index >= 15 is 0 Å². The highest BCUT2D eigenvalue weighted by Gasteiger charge is 2.33. The van der Waals surface area contributed by atoms with Crippen LogP contribution in [0.5, 0.6) is 0 Å². The lowest BCUT2D eigenvalue weighted by atomic mass is 10.0. The van der Waals surface area contributed by atoms with Gasteiger partial charge in [0.1, 0.15) is 0 Å². The fourth-order valence-corrected chi connectivity index (χ4v) is 3.94. The summed E-state index contributed by atoms with van der Waals surface area (Å²) < 4.78 is 46.0. The van der Waals surface area contributed by atoms with E-state index in [0.717, 1.165) is 11.6 Å². The summed E-state index contributed by atoms with van der Waals surface area (Å²) in [5, 5.41) is 5.58. The van der Waals surface area contributed by atoms with E-state index in [1.165, 1.54) is 25.3 Å². The number of rotatable bonds is 7. The minimum Gasteiger partial charge on any atom is -0.453 e. The van der Waals surface area contributed by atoms with Crippen molar-refractivity contribution in [2.75, 3.05) is 51.7 Å². The highest BCUT2D eigenvalue weighted by Crippen LogP contribution is 2.34. The fraction of sp³-hybridized carbons (Fsp3) is 0.385. The van der Waals surface area contributed by atoms with E-state index in [1.807, 2.05) is 6.92 Å². The lowest BCUT2D eigenvalue weighted by Crippen LogP contribution is -2.49. The molecule has 2 aromatic carbocycles. The van der Waals surface area contributed by atoms with Crippen LogP contribution in [0.15, 0.2) is 36.4 Å². The maximum atomic E-state index is 13.7. The van der Waals surface area contributed by atoms with Crippen molar-refractivity contribution in [2.24, 2.45) is 0 Å². The average molecular weight is 503 g/mol. The van der Waals surface area contributed by atoms with E-state index in [1.54, 1.807) is 17.0 Å². The Hall–Kier alpha value is -3.55. The Morgan fingerprint density at radius 1 is 1.11 bits per heavy atom. The molecule has 2 N–H and O–H groups in total. The van der Waals surface area contributed by atoms with Gasteiger partial charge in [0.2, 0.25) is 0 Å². The second kappa shape index (κ2) is 11.9. The molecule has 0 atom stereocenters. The Labute approximate surface area is 208 Å². The molecule has 7 nitrogen and oxygen atoms in total. The SMILES string of the molecule is C#Cc1cc(C(=O)Nc2ccc(CNCCN3CCN(C(=O)OC)CC3)c(C(F)(F)F)c2)ccc1C. The molecule has 36 heavy (non-hydrogen) atoms. The first-order valence-corrected chi connectivity index (χ1v) is 11.5. The molecule has 0 spiro atoms. The van der Waals surface area contributed by atoms with Crippen LogP contribution in [0.3, 0.4) is 0 Å². The molecule has 1 aliphatic heterocycles. The fourth-order valence-electron chi connectivity index (χ4n) is 3.94. The number of carbonyl (C=O) groups excluding carboxylic acids is 2. The average Bonchev–Trinajstić information content (AvgIpc) is 2.86. The Balaban J connectivity index is 1.58. The number of nitrogens with one attached hydrogen (secondary N) is 2. The molecule has 2 aromatic rings. The van der Waals surface area contributed by atoms with E-state index in [2.05, 4.69) is 21.5 Å². The maximum Gasteiger partial charge on any atom is 0.416 e. The number of halogens is 3. The van der Waals surface area contributed by atoms with Crippen LogP contribution in [-0.4, -0.2) is 68.2 Å². The molecule has 0 unspecified atom stereocenters. The number of piperazine rings is 1. The van der Waals surface area contributed by atoms with E-state index < -0.39 is 17.6 Å². The van der Waals surface area contributed by atoms with Gasteiger partial charge < -0.3 is 20.3 Å². The third-order valence-corrected chi connectivity index (χ3v) is 6.05. The third-order valence-electron chi connectivity index (χ3n) is 6.05. The minimum absolute atomic E-state index is 0.0225. The molecule has 0 radical (unpaired) electrons. The summed E-state index contributed by atoms with van der Waals surface area (Å²) in [4.78, 5) is 27.9. The first kappa shape index (κ1) is 27.0. The summed E-state index contributed by atoms with van der Waals surface area (Å²) in [5.41, 5.74) is 0.954. The van der Waals surface area contributed by atoms with Crippen LogP contribution in [0.2, 0.25) is 0 Å².